The molecule has 0 radical (unpaired) electrons. The van der Waals surface area contributed by atoms with E-state index in [0.717, 1.165) is 52.2 Å². The predicted octanol–water partition coefficient (Wildman–Crippen LogP) is 1.05. The molecule has 5 nitrogen and oxygen atoms in total. The van der Waals surface area contributed by atoms with Crippen LogP contribution in [-0.4, -0.2) is 61.0 Å². The third kappa shape index (κ3) is 7.12. The Morgan fingerprint density at radius 2 is 1.83 bits per heavy atom. The highest BCUT2D eigenvalue weighted by Crippen LogP contribution is 2.08. The molecule has 1 aliphatic heterocycles. The van der Waals surface area contributed by atoms with Crippen molar-refractivity contribution in [3.05, 3.63) is 35.9 Å². The molecular weight excluding hydrogens is 288 g/mol. The number of hydrogen-bond acceptors (Lipinski definition) is 4. The van der Waals surface area contributed by atoms with Gasteiger partial charge in [0.1, 0.15) is 0 Å². The van der Waals surface area contributed by atoms with Gasteiger partial charge in [0.25, 0.3) is 0 Å². The van der Waals surface area contributed by atoms with Gasteiger partial charge in [0.15, 0.2) is 0 Å². The summed E-state index contributed by atoms with van der Waals surface area (Å²) in [5.74, 6) is 0.116. The van der Waals surface area contributed by atoms with E-state index in [-0.39, 0.29) is 11.9 Å². The van der Waals surface area contributed by atoms with Gasteiger partial charge in [-0.25, -0.2) is 0 Å². The first kappa shape index (κ1) is 17.9. The molecule has 3 N–H and O–H groups in total. The fourth-order valence-electron chi connectivity index (χ4n) is 2.81. The molecule has 1 fully saturated rings. The lowest BCUT2D eigenvalue weighted by Crippen LogP contribution is -2.48. The number of rotatable bonds is 8. The second-order valence-electron chi connectivity index (χ2n) is 6.47. The molecule has 2 rings (SSSR count). The van der Waals surface area contributed by atoms with Crippen LogP contribution in [0.15, 0.2) is 30.3 Å². The highest BCUT2D eigenvalue weighted by molar-refractivity contribution is 5.75. The van der Waals surface area contributed by atoms with Crippen LogP contribution in [0.4, 0.5) is 0 Å². The van der Waals surface area contributed by atoms with Crippen molar-refractivity contribution in [3.8, 4) is 0 Å². The smallest absolute Gasteiger partial charge is 0.220 e. The maximum Gasteiger partial charge on any atom is 0.220 e. The van der Waals surface area contributed by atoms with Crippen molar-refractivity contribution in [1.29, 1.82) is 0 Å². The summed E-state index contributed by atoms with van der Waals surface area (Å²) in [7, 11) is 0. The molecule has 5 heteroatoms. The Morgan fingerprint density at radius 3 is 2.48 bits per heavy atom. The van der Waals surface area contributed by atoms with Crippen LogP contribution in [0.1, 0.15) is 25.3 Å². The Balaban J connectivity index is 1.57. The quantitative estimate of drug-likeness (QED) is 0.752. The zero-order valence-electron chi connectivity index (χ0n) is 14.2. The Bertz CT molecular complexity index is 455. The average Bonchev–Trinajstić information content (AvgIpc) is 2.55. The normalized spacial score (nSPS) is 17.8. The van der Waals surface area contributed by atoms with Crippen LogP contribution in [0.3, 0.4) is 0 Å². The van der Waals surface area contributed by atoms with Gasteiger partial charge in [-0.2, -0.15) is 0 Å². The summed E-state index contributed by atoms with van der Waals surface area (Å²) in [6, 6.07) is 10.7. The third-order valence-electron chi connectivity index (χ3n) is 4.29. The molecule has 0 aromatic heterocycles. The van der Waals surface area contributed by atoms with Gasteiger partial charge in [0.2, 0.25) is 5.91 Å². The number of nitrogens with one attached hydrogen (secondary N) is 1. The van der Waals surface area contributed by atoms with Gasteiger partial charge in [0.05, 0.1) is 0 Å². The molecule has 1 aliphatic rings. The van der Waals surface area contributed by atoms with Crippen LogP contribution in [0.25, 0.3) is 0 Å². The number of nitrogens with two attached hydrogens (primary N) is 1. The Labute approximate surface area is 139 Å². The molecule has 0 saturated carbocycles. The van der Waals surface area contributed by atoms with Gasteiger partial charge in [-0.15, -0.1) is 0 Å². The number of benzene rings is 1. The van der Waals surface area contributed by atoms with E-state index in [4.69, 9.17) is 5.73 Å². The molecular formula is C18H30N4O. The molecule has 1 unspecified atom stereocenters. The van der Waals surface area contributed by atoms with E-state index < -0.39 is 0 Å². The molecule has 1 heterocycles. The van der Waals surface area contributed by atoms with Gasteiger partial charge in [0, 0.05) is 58.3 Å². The van der Waals surface area contributed by atoms with Gasteiger partial charge in [-0.1, -0.05) is 30.3 Å². The first-order valence-electron chi connectivity index (χ1n) is 8.64. The number of hydrogen-bond donors (Lipinski definition) is 2. The molecule has 0 aliphatic carbocycles. The van der Waals surface area contributed by atoms with E-state index in [1.165, 1.54) is 5.56 Å². The Kier molecular flexibility index (Phi) is 7.52. The molecule has 128 valence electrons. The lowest BCUT2D eigenvalue weighted by molar-refractivity contribution is -0.121. The SMILES string of the molecule is CC(N)CCC(=O)NCCN1CCN(Cc2ccccc2)CC1. The summed E-state index contributed by atoms with van der Waals surface area (Å²) < 4.78 is 0. The van der Waals surface area contributed by atoms with Crippen molar-refractivity contribution in [2.24, 2.45) is 5.73 Å². The average molecular weight is 318 g/mol. The Morgan fingerprint density at radius 1 is 1.17 bits per heavy atom. The standard InChI is InChI=1S/C18H30N4O/c1-16(19)7-8-18(23)20-9-10-21-11-13-22(14-12-21)15-17-5-3-2-4-6-17/h2-6,16H,7-15,19H2,1H3,(H,20,23). The molecule has 1 atom stereocenters. The zero-order valence-corrected chi connectivity index (χ0v) is 14.2. The lowest BCUT2D eigenvalue weighted by atomic mass is 10.2. The van der Waals surface area contributed by atoms with Crippen molar-refractivity contribution in [2.45, 2.75) is 32.4 Å². The van der Waals surface area contributed by atoms with E-state index in [0.29, 0.717) is 6.42 Å². The second kappa shape index (κ2) is 9.65. The van der Waals surface area contributed by atoms with E-state index in [2.05, 4.69) is 45.4 Å². The van der Waals surface area contributed by atoms with Gasteiger partial charge in [-0.05, 0) is 18.9 Å². The molecule has 23 heavy (non-hydrogen) atoms. The number of carbonyl (C=O) groups is 1. The van der Waals surface area contributed by atoms with E-state index in [1.54, 1.807) is 0 Å². The van der Waals surface area contributed by atoms with Crippen molar-refractivity contribution >= 4 is 5.91 Å². The van der Waals surface area contributed by atoms with Crippen molar-refractivity contribution < 1.29 is 4.79 Å². The fraction of sp³-hybridized carbons (Fsp3) is 0.611. The van der Waals surface area contributed by atoms with Crippen LogP contribution >= 0.6 is 0 Å². The van der Waals surface area contributed by atoms with E-state index in [1.807, 2.05) is 6.92 Å². The first-order valence-corrected chi connectivity index (χ1v) is 8.64. The summed E-state index contributed by atoms with van der Waals surface area (Å²) in [5, 5.41) is 2.99. The van der Waals surface area contributed by atoms with Gasteiger partial charge in [-0.3, -0.25) is 14.6 Å². The molecule has 0 bridgehead atoms. The molecule has 1 aromatic carbocycles. The van der Waals surface area contributed by atoms with Crippen molar-refractivity contribution in [3.63, 3.8) is 0 Å². The predicted molar refractivity (Wildman–Crippen MR) is 94.1 cm³/mol. The number of piperazine rings is 1. The molecule has 0 spiro atoms. The lowest BCUT2D eigenvalue weighted by Gasteiger charge is -2.34. The van der Waals surface area contributed by atoms with Crippen LogP contribution in [0.2, 0.25) is 0 Å². The summed E-state index contributed by atoms with van der Waals surface area (Å²) in [5.41, 5.74) is 7.04. The molecule has 1 saturated heterocycles. The number of carbonyl (C=O) groups excluding carboxylic acids is 1. The third-order valence-corrected chi connectivity index (χ3v) is 4.29. The minimum absolute atomic E-state index is 0.0958. The van der Waals surface area contributed by atoms with Crippen LogP contribution in [-0.2, 0) is 11.3 Å². The summed E-state index contributed by atoms with van der Waals surface area (Å²) >= 11 is 0. The highest BCUT2D eigenvalue weighted by atomic mass is 16.1. The monoisotopic (exact) mass is 318 g/mol. The van der Waals surface area contributed by atoms with Crippen LogP contribution in [0.5, 0.6) is 0 Å². The van der Waals surface area contributed by atoms with E-state index in [9.17, 15) is 4.79 Å². The molecule has 1 amide bonds. The number of nitrogens with zero attached hydrogens (tertiary/aromatic N) is 2. The van der Waals surface area contributed by atoms with Crippen LogP contribution < -0.4 is 11.1 Å². The van der Waals surface area contributed by atoms with Crippen molar-refractivity contribution in [2.75, 3.05) is 39.3 Å². The minimum atomic E-state index is 0.0958. The van der Waals surface area contributed by atoms with E-state index >= 15 is 0 Å². The first-order chi connectivity index (χ1) is 11.1. The topological polar surface area (TPSA) is 61.6 Å². The fourth-order valence-corrected chi connectivity index (χ4v) is 2.81. The molecule has 1 aromatic rings. The van der Waals surface area contributed by atoms with Gasteiger partial charge >= 0.3 is 0 Å². The van der Waals surface area contributed by atoms with Crippen LogP contribution in [0, 0.1) is 0 Å². The zero-order chi connectivity index (χ0) is 16.5. The highest BCUT2D eigenvalue weighted by Gasteiger charge is 2.16. The summed E-state index contributed by atoms with van der Waals surface area (Å²) in [6.07, 6.45) is 1.28. The van der Waals surface area contributed by atoms with Crippen molar-refractivity contribution in [1.82, 2.24) is 15.1 Å². The Hall–Kier alpha value is -1.43. The number of amides is 1. The summed E-state index contributed by atoms with van der Waals surface area (Å²) in [4.78, 5) is 16.6. The summed E-state index contributed by atoms with van der Waals surface area (Å²) in [6.45, 7) is 8.95. The van der Waals surface area contributed by atoms with Gasteiger partial charge < -0.3 is 11.1 Å². The second-order valence-corrected chi connectivity index (χ2v) is 6.47. The maximum absolute atomic E-state index is 11.7. The maximum atomic E-state index is 11.7. The largest absolute Gasteiger partial charge is 0.355 e. The minimum Gasteiger partial charge on any atom is -0.355 e.